The van der Waals surface area contributed by atoms with Crippen LogP contribution in [0.25, 0.3) is 0 Å². The lowest BCUT2D eigenvalue weighted by Gasteiger charge is -2.24. The molecule has 0 saturated heterocycles. The predicted octanol–water partition coefficient (Wildman–Crippen LogP) is 0.258. The number of phosphoric acid groups is 1. The molecule has 12 nitrogen and oxygen atoms in total. The summed E-state index contributed by atoms with van der Waals surface area (Å²) in [6.07, 6.45) is 7.97. The van der Waals surface area contributed by atoms with Crippen molar-refractivity contribution in [1.29, 1.82) is 0 Å². The topological polar surface area (TPSA) is 236 Å². The van der Waals surface area contributed by atoms with Crippen molar-refractivity contribution in [2.45, 2.75) is 108 Å². The summed E-state index contributed by atoms with van der Waals surface area (Å²) in [6.45, 7) is 0.796. The third-order valence-electron chi connectivity index (χ3n) is 4.51. The molecule has 0 aromatic carbocycles. The van der Waals surface area contributed by atoms with Crippen molar-refractivity contribution >= 4 is 13.8 Å². The van der Waals surface area contributed by atoms with Crippen LogP contribution in [0, 0.1) is 0 Å². The average molecular weight is 509 g/mol. The highest BCUT2D eigenvalue weighted by Crippen LogP contribution is 2.25. The highest BCUT2D eigenvalue weighted by Gasteiger charge is 2.29. The molecule has 0 aliphatic heterocycles. The van der Waals surface area contributed by atoms with Gasteiger partial charge in [-0.15, -0.1) is 0 Å². The lowest BCUT2D eigenvalue weighted by atomic mass is 10.0. The van der Waals surface area contributed by atoms with Gasteiger partial charge >= 0.3 is 13.8 Å². The average Bonchev–Trinajstić information content (AvgIpc) is 2.74. The molecule has 202 valence electrons. The molecule has 0 fully saturated rings. The summed E-state index contributed by atoms with van der Waals surface area (Å²) >= 11 is 0. The van der Waals surface area contributed by atoms with E-state index in [2.05, 4.69) is 6.92 Å². The summed E-state index contributed by atoms with van der Waals surface area (Å²) in [7, 11) is -4.64. The quantitative estimate of drug-likeness (QED) is 0.0940. The van der Waals surface area contributed by atoms with Crippen LogP contribution in [0.3, 0.4) is 0 Å². The van der Waals surface area contributed by atoms with Crippen LogP contribution in [0.1, 0.15) is 84.0 Å². The first-order valence-corrected chi connectivity index (χ1v) is 12.8. The predicted molar refractivity (Wildman–Crippen MR) is 121 cm³/mol. The molecule has 0 aliphatic carbocycles. The molecular formula is C20H45O12P. The molecule has 0 aromatic heterocycles. The molecular weight excluding hydrogens is 463 g/mol. The largest absolute Gasteiger partial charge is 0.481 e. The van der Waals surface area contributed by atoms with Crippen LogP contribution in [0.4, 0.5) is 0 Å². The Morgan fingerprint density at radius 1 is 0.667 bits per heavy atom. The second kappa shape index (κ2) is 24.5. The number of aliphatic hydroxyl groups is 6. The minimum Gasteiger partial charge on any atom is -0.481 e. The zero-order valence-corrected chi connectivity index (χ0v) is 20.3. The fourth-order valence-corrected chi connectivity index (χ4v) is 2.61. The Bertz CT molecular complexity index is 452. The van der Waals surface area contributed by atoms with E-state index in [0.717, 1.165) is 12.8 Å². The Morgan fingerprint density at radius 2 is 0.939 bits per heavy atom. The van der Waals surface area contributed by atoms with E-state index < -0.39 is 51.4 Å². The molecule has 0 radical (unpaired) electrons. The molecule has 0 spiro atoms. The maximum Gasteiger partial charge on any atom is 0.466 e. The number of carboxylic acids is 1. The van der Waals surface area contributed by atoms with Gasteiger partial charge in [0, 0.05) is 6.42 Å². The molecule has 4 unspecified atom stereocenters. The molecule has 4 atom stereocenters. The Morgan fingerprint density at radius 3 is 1.18 bits per heavy atom. The van der Waals surface area contributed by atoms with Gasteiger partial charge in [-0.25, -0.2) is 4.57 Å². The van der Waals surface area contributed by atoms with Gasteiger partial charge < -0.3 is 50.4 Å². The van der Waals surface area contributed by atoms with E-state index in [1.54, 1.807) is 0 Å². The number of carbonyl (C=O) groups is 1. The number of hydrogen-bond acceptors (Lipinski definition) is 8. The summed E-state index contributed by atoms with van der Waals surface area (Å²) in [4.78, 5) is 31.8. The summed E-state index contributed by atoms with van der Waals surface area (Å²) in [5.74, 6) is -0.657. The fraction of sp³-hybridized carbons (Fsp3) is 0.950. The van der Waals surface area contributed by atoms with Gasteiger partial charge in [0.1, 0.15) is 24.4 Å². The molecule has 0 aliphatic rings. The van der Waals surface area contributed by atoms with Crippen LogP contribution in [-0.4, -0.2) is 94.0 Å². The van der Waals surface area contributed by atoms with E-state index >= 15 is 0 Å². The summed E-state index contributed by atoms with van der Waals surface area (Å²) in [6, 6.07) is 0. The number of carboxylic acid groups (broad SMARTS) is 1. The van der Waals surface area contributed by atoms with Crippen molar-refractivity contribution in [2.24, 2.45) is 0 Å². The monoisotopic (exact) mass is 508 g/mol. The molecule has 33 heavy (non-hydrogen) atoms. The minimum absolute atomic E-state index is 0.344. The minimum atomic E-state index is -4.64. The third kappa shape index (κ3) is 33.6. The van der Waals surface area contributed by atoms with E-state index in [1.165, 1.54) is 57.8 Å². The zero-order chi connectivity index (χ0) is 26.3. The fourth-order valence-electron chi connectivity index (χ4n) is 2.61. The van der Waals surface area contributed by atoms with E-state index in [-0.39, 0.29) is 0 Å². The first-order valence-electron chi connectivity index (χ1n) is 11.3. The van der Waals surface area contributed by atoms with Crippen molar-refractivity contribution in [3.8, 4) is 0 Å². The van der Waals surface area contributed by atoms with E-state index in [0.29, 0.717) is 6.42 Å². The van der Waals surface area contributed by atoms with E-state index in [1.807, 2.05) is 0 Å². The number of hydrogen-bond donors (Lipinski definition) is 10. The standard InChI is InChI=1S/C14H28O2.C6H14O6.H3O4P/c1-2-3-4-5-6-7-8-9-10-11-12-13-14(15)16;7-1-3(9)5(11)6(12)4(10)2-8;1-5(2,3)4/h2-13H2,1H3,(H,15,16);3-12H,1-2H2;(H3,1,2,3,4). The van der Waals surface area contributed by atoms with Crippen LogP contribution in [0.15, 0.2) is 0 Å². The Labute approximate surface area is 195 Å². The Kier molecular flexibility index (Phi) is 27.4. The van der Waals surface area contributed by atoms with Gasteiger partial charge in [0.25, 0.3) is 0 Å². The highest BCUT2D eigenvalue weighted by molar-refractivity contribution is 7.45. The summed E-state index contributed by atoms with van der Waals surface area (Å²) < 4.78 is 8.88. The van der Waals surface area contributed by atoms with Crippen LogP contribution in [-0.2, 0) is 9.36 Å². The van der Waals surface area contributed by atoms with Gasteiger partial charge in [-0.2, -0.15) is 0 Å². The lowest BCUT2D eigenvalue weighted by molar-refractivity contribution is -0.137. The number of aliphatic carboxylic acids is 1. The molecule has 0 saturated carbocycles. The Balaban J connectivity index is -0.000000465. The molecule has 10 N–H and O–H groups in total. The van der Waals surface area contributed by atoms with E-state index in [9.17, 15) is 4.79 Å². The second-order valence-corrected chi connectivity index (χ2v) is 8.70. The van der Waals surface area contributed by atoms with Gasteiger partial charge in [-0.1, -0.05) is 71.1 Å². The maximum atomic E-state index is 10.3. The first kappa shape index (κ1) is 36.9. The first-order chi connectivity index (χ1) is 15.3. The lowest BCUT2D eigenvalue weighted by Crippen LogP contribution is -2.46. The third-order valence-corrected chi connectivity index (χ3v) is 4.51. The van der Waals surface area contributed by atoms with Gasteiger partial charge in [0.2, 0.25) is 0 Å². The normalized spacial score (nSPS) is 14.7. The van der Waals surface area contributed by atoms with Crippen LogP contribution < -0.4 is 0 Å². The number of aliphatic hydroxyl groups excluding tert-OH is 6. The van der Waals surface area contributed by atoms with Crippen LogP contribution in [0.5, 0.6) is 0 Å². The van der Waals surface area contributed by atoms with Crippen LogP contribution in [0.2, 0.25) is 0 Å². The van der Waals surface area contributed by atoms with Crippen molar-refractivity contribution in [3.05, 3.63) is 0 Å². The van der Waals surface area contributed by atoms with E-state index in [4.69, 9.17) is 55.0 Å². The molecule has 0 amide bonds. The molecule has 0 bridgehead atoms. The summed E-state index contributed by atoms with van der Waals surface area (Å²) in [5, 5.41) is 60.6. The van der Waals surface area contributed by atoms with Crippen molar-refractivity contribution in [2.75, 3.05) is 13.2 Å². The van der Waals surface area contributed by atoms with Crippen molar-refractivity contribution in [1.82, 2.24) is 0 Å². The number of rotatable bonds is 17. The number of unbranched alkanes of at least 4 members (excludes halogenated alkanes) is 10. The van der Waals surface area contributed by atoms with Gasteiger partial charge in [-0.3, -0.25) is 4.79 Å². The molecule has 13 heteroatoms. The second-order valence-electron chi connectivity index (χ2n) is 7.67. The van der Waals surface area contributed by atoms with Crippen molar-refractivity contribution in [3.63, 3.8) is 0 Å². The highest BCUT2D eigenvalue weighted by atomic mass is 31.2. The van der Waals surface area contributed by atoms with Gasteiger partial charge in [0.15, 0.2) is 0 Å². The van der Waals surface area contributed by atoms with Crippen LogP contribution >= 0.6 is 7.82 Å². The molecule has 0 rings (SSSR count). The SMILES string of the molecule is CCCCCCCCCCCCCC(=O)O.O=P(O)(O)O.OCC(O)C(O)C(O)C(O)CO. The summed E-state index contributed by atoms with van der Waals surface area (Å²) in [5.41, 5.74) is 0. The maximum absolute atomic E-state index is 10.3. The van der Waals surface area contributed by atoms with Gasteiger partial charge in [-0.05, 0) is 6.42 Å². The van der Waals surface area contributed by atoms with Gasteiger partial charge in [0.05, 0.1) is 13.2 Å². The Hall–Kier alpha value is -0.660. The smallest absolute Gasteiger partial charge is 0.466 e. The molecule has 0 aromatic rings. The molecule has 0 heterocycles. The zero-order valence-electron chi connectivity index (χ0n) is 19.4. The van der Waals surface area contributed by atoms with Crippen molar-refractivity contribution < 1.29 is 59.8 Å².